The van der Waals surface area contributed by atoms with E-state index in [-0.39, 0.29) is 28.5 Å². The molecule has 0 aliphatic carbocycles. The normalized spacial score (nSPS) is 9.00. The smallest absolute Gasteiger partial charge is 2.00 e. The average molecular weight is 223 g/mol. The van der Waals surface area contributed by atoms with E-state index in [4.69, 9.17) is 5.14 Å². The van der Waals surface area contributed by atoms with E-state index in [1.54, 1.807) is 11.3 Å². The number of thiazole rings is 1. The van der Waals surface area contributed by atoms with E-state index in [1.165, 1.54) is 16.6 Å². The maximum Gasteiger partial charge on any atom is 2.00 e. The summed E-state index contributed by atoms with van der Waals surface area (Å²) < 4.78 is 2.12. The molecule has 1 aromatic carbocycles. The fourth-order valence-corrected chi connectivity index (χ4v) is 2.21. The Bertz CT molecular complexity index is 346. The van der Waals surface area contributed by atoms with E-state index in [0.717, 1.165) is 9.86 Å². The molecule has 2 rings (SSSR count). The van der Waals surface area contributed by atoms with Crippen molar-refractivity contribution in [3.05, 3.63) is 24.3 Å². The first-order chi connectivity index (χ1) is 5.40. The molecule has 0 unspecified atom stereocenters. The predicted octanol–water partition coefficient (Wildman–Crippen LogP) is 1.76. The van der Waals surface area contributed by atoms with Crippen LogP contribution < -0.4 is 5.14 Å². The molecule has 0 amide bonds. The third kappa shape index (κ3) is 2.80. The molecular formula is C7H6MgN2OS2. The van der Waals surface area contributed by atoms with Crippen molar-refractivity contribution in [3.8, 4) is 0 Å². The molecule has 0 saturated carbocycles. The standard InChI is InChI=1S/C7H6N2S2.Mg.O/c8-11-7-9-5-3-1-2-4-6(5)10-7;;/h1-4H,8H2;;/q;+2;-2. The molecule has 1 heterocycles. The van der Waals surface area contributed by atoms with Gasteiger partial charge < -0.3 is 5.48 Å². The monoisotopic (exact) mass is 222 g/mol. The first-order valence-electron chi connectivity index (χ1n) is 3.12. The van der Waals surface area contributed by atoms with E-state index in [2.05, 4.69) is 4.98 Å². The van der Waals surface area contributed by atoms with Crippen LogP contribution in [0.5, 0.6) is 0 Å². The van der Waals surface area contributed by atoms with Crippen molar-refractivity contribution in [3.63, 3.8) is 0 Å². The van der Waals surface area contributed by atoms with Gasteiger partial charge in [0.05, 0.1) is 10.2 Å². The van der Waals surface area contributed by atoms with Crippen LogP contribution in [0.2, 0.25) is 0 Å². The summed E-state index contributed by atoms with van der Waals surface area (Å²) in [4.78, 5) is 4.29. The molecule has 0 atom stereocenters. The molecule has 0 aliphatic rings. The van der Waals surface area contributed by atoms with Crippen LogP contribution in [-0.4, -0.2) is 28.0 Å². The second kappa shape index (κ2) is 5.79. The fraction of sp³-hybridized carbons (Fsp3) is 0. The Labute approximate surface area is 100 Å². The summed E-state index contributed by atoms with van der Waals surface area (Å²) in [5, 5.41) is 5.38. The minimum Gasteiger partial charge on any atom is -2.00 e. The van der Waals surface area contributed by atoms with Crippen molar-refractivity contribution < 1.29 is 5.48 Å². The first kappa shape index (κ1) is 13.1. The van der Waals surface area contributed by atoms with Crippen LogP contribution in [0.4, 0.5) is 0 Å². The molecule has 6 heteroatoms. The number of aromatic nitrogens is 1. The number of fused-ring (bicyclic) bond motifs is 1. The largest absolute Gasteiger partial charge is 2.00 e. The van der Waals surface area contributed by atoms with Gasteiger partial charge in [-0.2, -0.15) is 0 Å². The van der Waals surface area contributed by atoms with Gasteiger partial charge in [-0.25, -0.2) is 4.98 Å². The Hall–Kier alpha value is 0.146. The third-order valence-corrected chi connectivity index (χ3v) is 3.04. The molecule has 0 radical (unpaired) electrons. The summed E-state index contributed by atoms with van der Waals surface area (Å²) in [6.07, 6.45) is 0. The van der Waals surface area contributed by atoms with Crippen molar-refractivity contribution in [2.75, 3.05) is 0 Å². The average Bonchev–Trinajstić information content (AvgIpc) is 2.46. The van der Waals surface area contributed by atoms with Crippen LogP contribution in [0.1, 0.15) is 0 Å². The Morgan fingerprint density at radius 2 is 2.00 bits per heavy atom. The van der Waals surface area contributed by atoms with E-state index >= 15 is 0 Å². The summed E-state index contributed by atoms with van der Waals surface area (Å²) in [5.74, 6) is 0. The molecule has 0 spiro atoms. The zero-order chi connectivity index (χ0) is 7.68. The number of benzene rings is 1. The van der Waals surface area contributed by atoms with Crippen molar-refractivity contribution in [2.45, 2.75) is 4.34 Å². The fourth-order valence-electron chi connectivity index (χ4n) is 0.901. The van der Waals surface area contributed by atoms with Crippen molar-refractivity contribution in [1.29, 1.82) is 0 Å². The Kier molecular flexibility index (Phi) is 5.85. The van der Waals surface area contributed by atoms with E-state index < -0.39 is 0 Å². The zero-order valence-electron chi connectivity index (χ0n) is 6.77. The molecule has 0 fully saturated rings. The Balaban J connectivity index is 0.000000720. The van der Waals surface area contributed by atoms with Gasteiger partial charge in [-0.05, 0) is 24.1 Å². The molecule has 2 aromatic rings. The molecule has 13 heavy (non-hydrogen) atoms. The summed E-state index contributed by atoms with van der Waals surface area (Å²) >= 11 is 2.83. The first-order valence-corrected chi connectivity index (χ1v) is 4.82. The third-order valence-electron chi connectivity index (χ3n) is 1.38. The zero-order valence-corrected chi connectivity index (χ0v) is 9.81. The van der Waals surface area contributed by atoms with Crippen molar-refractivity contribution in [1.82, 2.24) is 4.98 Å². The van der Waals surface area contributed by atoms with E-state index in [1.807, 2.05) is 24.3 Å². The molecule has 0 aliphatic heterocycles. The minimum atomic E-state index is 0. The van der Waals surface area contributed by atoms with Crippen LogP contribution >= 0.6 is 23.3 Å². The maximum absolute atomic E-state index is 5.38. The minimum absolute atomic E-state index is 0. The van der Waals surface area contributed by atoms with Crippen LogP contribution in [0.25, 0.3) is 10.2 Å². The molecule has 64 valence electrons. The van der Waals surface area contributed by atoms with Gasteiger partial charge in [0.25, 0.3) is 0 Å². The number of nitrogens with two attached hydrogens (primary N) is 1. The van der Waals surface area contributed by atoms with Crippen LogP contribution in [0, 0.1) is 0 Å². The number of hydrogen-bond acceptors (Lipinski definition) is 4. The van der Waals surface area contributed by atoms with Crippen LogP contribution in [0.15, 0.2) is 28.6 Å². The summed E-state index contributed by atoms with van der Waals surface area (Å²) in [6, 6.07) is 8.02. The molecule has 0 saturated heterocycles. The second-order valence-electron chi connectivity index (χ2n) is 2.07. The predicted molar refractivity (Wildman–Crippen MR) is 56.1 cm³/mol. The Morgan fingerprint density at radius 1 is 1.31 bits per heavy atom. The second-order valence-corrected chi connectivity index (χ2v) is 3.98. The van der Waals surface area contributed by atoms with Gasteiger partial charge in [-0.15, -0.1) is 11.3 Å². The summed E-state index contributed by atoms with van der Waals surface area (Å²) in [6.45, 7) is 0. The number of rotatable bonds is 1. The van der Waals surface area contributed by atoms with E-state index in [0.29, 0.717) is 0 Å². The number of nitrogens with zero attached hydrogens (tertiary/aromatic N) is 1. The number of hydrogen-bond donors (Lipinski definition) is 1. The maximum atomic E-state index is 5.38. The van der Waals surface area contributed by atoms with Crippen LogP contribution in [0.3, 0.4) is 0 Å². The van der Waals surface area contributed by atoms with Crippen LogP contribution in [-0.2, 0) is 5.48 Å². The van der Waals surface area contributed by atoms with Gasteiger partial charge in [-0.3, -0.25) is 5.14 Å². The SMILES string of the molecule is NSc1nc2ccccc2s1.[Mg+2].[O-2]. The molecule has 2 N–H and O–H groups in total. The van der Waals surface area contributed by atoms with Gasteiger partial charge in [0.1, 0.15) is 0 Å². The van der Waals surface area contributed by atoms with Gasteiger partial charge in [0.2, 0.25) is 0 Å². The molecule has 3 nitrogen and oxygen atoms in total. The summed E-state index contributed by atoms with van der Waals surface area (Å²) in [7, 11) is 0. The Morgan fingerprint density at radius 3 is 2.62 bits per heavy atom. The molecule has 0 bridgehead atoms. The molecule has 1 aromatic heterocycles. The van der Waals surface area contributed by atoms with Gasteiger partial charge in [0, 0.05) is 0 Å². The van der Waals surface area contributed by atoms with Gasteiger partial charge >= 0.3 is 23.1 Å². The molecular weight excluding hydrogens is 217 g/mol. The topological polar surface area (TPSA) is 67.4 Å². The van der Waals surface area contributed by atoms with Crippen molar-refractivity contribution in [2.24, 2.45) is 5.14 Å². The van der Waals surface area contributed by atoms with Gasteiger partial charge in [-0.1, -0.05) is 12.1 Å². The number of para-hydroxylation sites is 1. The summed E-state index contributed by atoms with van der Waals surface area (Å²) in [5.41, 5.74) is 1.03. The quantitative estimate of drug-likeness (QED) is 0.591. The van der Waals surface area contributed by atoms with Gasteiger partial charge in [0.15, 0.2) is 4.34 Å². The van der Waals surface area contributed by atoms with Crippen molar-refractivity contribution >= 4 is 56.6 Å². The van der Waals surface area contributed by atoms with E-state index in [9.17, 15) is 0 Å².